The van der Waals surface area contributed by atoms with Crippen LogP contribution in [-0.2, 0) is 4.74 Å². The van der Waals surface area contributed by atoms with E-state index in [0.717, 1.165) is 18.8 Å². The summed E-state index contributed by atoms with van der Waals surface area (Å²) in [6.45, 7) is 7.91. The molecule has 0 amide bonds. The Hall–Kier alpha value is -1.06. The van der Waals surface area contributed by atoms with E-state index in [4.69, 9.17) is 9.47 Å². The van der Waals surface area contributed by atoms with Crippen molar-refractivity contribution in [1.82, 2.24) is 5.32 Å². The van der Waals surface area contributed by atoms with Crippen LogP contribution in [0.15, 0.2) is 24.3 Å². The van der Waals surface area contributed by atoms with Gasteiger partial charge in [0.25, 0.3) is 0 Å². The normalized spacial score (nSPS) is 25.1. The summed E-state index contributed by atoms with van der Waals surface area (Å²) in [5.41, 5.74) is 1.26. The molecule has 0 radical (unpaired) electrons. The van der Waals surface area contributed by atoms with Crippen LogP contribution in [0, 0.1) is 6.92 Å². The van der Waals surface area contributed by atoms with Crippen molar-refractivity contribution in [3.8, 4) is 5.75 Å². The average molecular weight is 249 g/mol. The molecule has 18 heavy (non-hydrogen) atoms. The van der Waals surface area contributed by atoms with Crippen LogP contribution in [0.2, 0.25) is 0 Å². The Kier molecular flexibility index (Phi) is 4.61. The molecule has 0 spiro atoms. The first-order valence-electron chi connectivity index (χ1n) is 6.72. The van der Waals surface area contributed by atoms with Gasteiger partial charge in [-0.2, -0.15) is 0 Å². The van der Waals surface area contributed by atoms with Crippen LogP contribution in [0.1, 0.15) is 25.8 Å². The molecular weight excluding hydrogens is 226 g/mol. The fourth-order valence-corrected chi connectivity index (χ4v) is 2.22. The lowest BCUT2D eigenvalue weighted by Crippen LogP contribution is -2.43. The van der Waals surface area contributed by atoms with Gasteiger partial charge < -0.3 is 14.8 Å². The lowest BCUT2D eigenvalue weighted by atomic mass is 10.1. The number of hydrogen-bond acceptors (Lipinski definition) is 3. The SMILES string of the molecule is Cc1ccc(OCC(C)NC2CCOC2C)cc1. The fraction of sp³-hybridized carbons (Fsp3) is 0.600. The molecule has 2 rings (SSSR count). The Morgan fingerprint density at radius 2 is 2.11 bits per heavy atom. The third-order valence-electron chi connectivity index (χ3n) is 3.40. The molecule has 0 saturated carbocycles. The van der Waals surface area contributed by atoms with Gasteiger partial charge in [0, 0.05) is 18.7 Å². The molecule has 1 aliphatic rings. The highest BCUT2D eigenvalue weighted by Crippen LogP contribution is 2.14. The molecule has 1 heterocycles. The summed E-state index contributed by atoms with van der Waals surface area (Å²) in [4.78, 5) is 0. The fourth-order valence-electron chi connectivity index (χ4n) is 2.22. The molecule has 100 valence electrons. The average Bonchev–Trinajstić information content (AvgIpc) is 2.74. The minimum Gasteiger partial charge on any atom is -0.492 e. The molecule has 3 heteroatoms. The van der Waals surface area contributed by atoms with Gasteiger partial charge in [0.05, 0.1) is 6.10 Å². The number of rotatable bonds is 5. The lowest BCUT2D eigenvalue weighted by Gasteiger charge is -2.22. The highest BCUT2D eigenvalue weighted by molar-refractivity contribution is 5.26. The van der Waals surface area contributed by atoms with E-state index >= 15 is 0 Å². The summed E-state index contributed by atoms with van der Waals surface area (Å²) >= 11 is 0. The van der Waals surface area contributed by atoms with Gasteiger partial charge in [-0.1, -0.05) is 17.7 Å². The van der Waals surface area contributed by atoms with Crippen molar-refractivity contribution in [2.24, 2.45) is 0 Å². The van der Waals surface area contributed by atoms with Gasteiger partial charge in [-0.15, -0.1) is 0 Å². The monoisotopic (exact) mass is 249 g/mol. The molecule has 1 aliphatic heterocycles. The van der Waals surface area contributed by atoms with Gasteiger partial charge in [-0.05, 0) is 39.3 Å². The van der Waals surface area contributed by atoms with E-state index in [9.17, 15) is 0 Å². The van der Waals surface area contributed by atoms with E-state index in [1.54, 1.807) is 0 Å². The van der Waals surface area contributed by atoms with Gasteiger partial charge in [0.15, 0.2) is 0 Å². The first-order valence-corrected chi connectivity index (χ1v) is 6.72. The van der Waals surface area contributed by atoms with Crippen LogP contribution >= 0.6 is 0 Å². The predicted octanol–water partition coefficient (Wildman–Crippen LogP) is 2.53. The van der Waals surface area contributed by atoms with Crippen molar-refractivity contribution >= 4 is 0 Å². The van der Waals surface area contributed by atoms with E-state index < -0.39 is 0 Å². The second kappa shape index (κ2) is 6.21. The molecule has 1 saturated heterocycles. The van der Waals surface area contributed by atoms with Crippen LogP contribution in [0.3, 0.4) is 0 Å². The van der Waals surface area contributed by atoms with Gasteiger partial charge in [0.1, 0.15) is 12.4 Å². The Morgan fingerprint density at radius 1 is 1.39 bits per heavy atom. The van der Waals surface area contributed by atoms with Crippen LogP contribution < -0.4 is 10.1 Å². The van der Waals surface area contributed by atoms with Crippen LogP contribution in [0.25, 0.3) is 0 Å². The predicted molar refractivity (Wildman–Crippen MR) is 73.1 cm³/mol. The van der Waals surface area contributed by atoms with Crippen molar-refractivity contribution in [1.29, 1.82) is 0 Å². The number of nitrogens with one attached hydrogen (secondary N) is 1. The highest BCUT2D eigenvalue weighted by atomic mass is 16.5. The molecule has 1 aromatic rings. The summed E-state index contributed by atoms with van der Waals surface area (Å²) in [5, 5.41) is 3.56. The van der Waals surface area contributed by atoms with Crippen molar-refractivity contribution in [3.63, 3.8) is 0 Å². The Morgan fingerprint density at radius 3 is 2.72 bits per heavy atom. The topological polar surface area (TPSA) is 30.5 Å². The van der Waals surface area contributed by atoms with Gasteiger partial charge >= 0.3 is 0 Å². The maximum atomic E-state index is 5.76. The van der Waals surface area contributed by atoms with E-state index in [1.807, 2.05) is 12.1 Å². The van der Waals surface area contributed by atoms with E-state index in [0.29, 0.717) is 24.8 Å². The van der Waals surface area contributed by atoms with Crippen molar-refractivity contribution in [2.45, 2.75) is 45.4 Å². The van der Waals surface area contributed by atoms with Crippen molar-refractivity contribution in [3.05, 3.63) is 29.8 Å². The van der Waals surface area contributed by atoms with E-state index in [-0.39, 0.29) is 0 Å². The second-order valence-corrected chi connectivity index (χ2v) is 5.16. The highest BCUT2D eigenvalue weighted by Gasteiger charge is 2.25. The first-order chi connectivity index (χ1) is 8.65. The summed E-state index contributed by atoms with van der Waals surface area (Å²) in [6.07, 6.45) is 1.41. The number of aryl methyl sites for hydroxylation is 1. The molecule has 1 N–H and O–H groups in total. The minimum absolute atomic E-state index is 0.312. The summed E-state index contributed by atoms with van der Waals surface area (Å²) in [7, 11) is 0. The molecule has 1 fully saturated rings. The zero-order valence-electron chi connectivity index (χ0n) is 11.5. The smallest absolute Gasteiger partial charge is 0.119 e. The first kappa shape index (κ1) is 13.4. The lowest BCUT2D eigenvalue weighted by molar-refractivity contribution is 0.109. The van der Waals surface area contributed by atoms with Gasteiger partial charge in [-0.25, -0.2) is 0 Å². The van der Waals surface area contributed by atoms with Crippen molar-refractivity contribution in [2.75, 3.05) is 13.2 Å². The minimum atomic E-state index is 0.312. The molecule has 3 nitrogen and oxygen atoms in total. The maximum absolute atomic E-state index is 5.76. The maximum Gasteiger partial charge on any atom is 0.119 e. The molecule has 0 bridgehead atoms. The summed E-state index contributed by atoms with van der Waals surface area (Å²) in [5.74, 6) is 0.935. The number of hydrogen-bond donors (Lipinski definition) is 1. The molecule has 3 unspecified atom stereocenters. The van der Waals surface area contributed by atoms with Gasteiger partial charge in [-0.3, -0.25) is 0 Å². The standard InChI is InChI=1S/C15H23NO2/c1-11-4-6-14(7-5-11)18-10-12(2)16-15-8-9-17-13(15)3/h4-7,12-13,15-16H,8-10H2,1-3H3. The summed E-state index contributed by atoms with van der Waals surface area (Å²) in [6, 6.07) is 8.97. The largest absolute Gasteiger partial charge is 0.492 e. The third-order valence-corrected chi connectivity index (χ3v) is 3.40. The molecule has 0 aliphatic carbocycles. The Labute approximate surface area is 109 Å². The quantitative estimate of drug-likeness (QED) is 0.870. The Balaban J connectivity index is 1.74. The summed E-state index contributed by atoms with van der Waals surface area (Å²) < 4.78 is 11.3. The van der Waals surface area contributed by atoms with Crippen LogP contribution in [-0.4, -0.2) is 31.4 Å². The second-order valence-electron chi connectivity index (χ2n) is 5.16. The molecule has 0 aromatic heterocycles. The Bertz CT molecular complexity index is 363. The zero-order chi connectivity index (χ0) is 13.0. The number of benzene rings is 1. The van der Waals surface area contributed by atoms with Crippen LogP contribution in [0.5, 0.6) is 5.75 Å². The third kappa shape index (κ3) is 3.72. The van der Waals surface area contributed by atoms with Crippen LogP contribution in [0.4, 0.5) is 0 Å². The van der Waals surface area contributed by atoms with E-state index in [2.05, 4.69) is 38.2 Å². The molecule has 1 aromatic carbocycles. The van der Waals surface area contributed by atoms with Crippen molar-refractivity contribution < 1.29 is 9.47 Å². The molecular formula is C15H23NO2. The molecule has 3 atom stereocenters. The van der Waals surface area contributed by atoms with Gasteiger partial charge in [0.2, 0.25) is 0 Å². The number of ether oxygens (including phenoxy) is 2. The van der Waals surface area contributed by atoms with E-state index in [1.165, 1.54) is 5.56 Å². The zero-order valence-corrected chi connectivity index (χ0v) is 11.5.